The molecular formula is C20H35N5O3. The van der Waals surface area contributed by atoms with Gasteiger partial charge in [-0.05, 0) is 18.8 Å². The number of rotatable bonds is 9. The Morgan fingerprint density at radius 1 is 1.07 bits per heavy atom. The highest BCUT2D eigenvalue weighted by Gasteiger charge is 2.23. The van der Waals surface area contributed by atoms with E-state index in [2.05, 4.69) is 48.0 Å². The molecule has 1 saturated heterocycles. The molecule has 1 aromatic rings. The monoisotopic (exact) mass is 393 g/mol. The molecule has 0 unspecified atom stereocenters. The molecular weight excluding hydrogens is 358 g/mol. The lowest BCUT2D eigenvalue weighted by Gasteiger charge is -2.35. The van der Waals surface area contributed by atoms with Gasteiger partial charge in [0.2, 0.25) is 11.8 Å². The largest absolute Gasteiger partial charge is 0.360 e. The number of piperazine rings is 1. The molecule has 0 aliphatic carbocycles. The maximum Gasteiger partial charge on any atom is 0.239 e. The summed E-state index contributed by atoms with van der Waals surface area (Å²) in [6.45, 7) is 15.9. The number of anilines is 1. The van der Waals surface area contributed by atoms with Crippen molar-refractivity contribution in [2.75, 3.05) is 57.7 Å². The zero-order valence-corrected chi connectivity index (χ0v) is 17.9. The van der Waals surface area contributed by atoms with E-state index in [1.54, 1.807) is 13.0 Å². The summed E-state index contributed by atoms with van der Waals surface area (Å²) in [4.78, 5) is 31.2. The van der Waals surface area contributed by atoms with Crippen molar-refractivity contribution < 1.29 is 14.1 Å². The summed E-state index contributed by atoms with van der Waals surface area (Å²) in [6, 6.07) is 1.70. The van der Waals surface area contributed by atoms with Crippen molar-refractivity contribution in [2.24, 2.45) is 11.8 Å². The molecule has 2 rings (SSSR count). The summed E-state index contributed by atoms with van der Waals surface area (Å²) >= 11 is 0. The lowest BCUT2D eigenvalue weighted by molar-refractivity contribution is -0.134. The summed E-state index contributed by atoms with van der Waals surface area (Å²) in [5.41, 5.74) is 0. The van der Waals surface area contributed by atoms with Gasteiger partial charge in [-0.25, -0.2) is 0 Å². The van der Waals surface area contributed by atoms with Crippen LogP contribution in [0.2, 0.25) is 0 Å². The molecule has 28 heavy (non-hydrogen) atoms. The van der Waals surface area contributed by atoms with Crippen LogP contribution in [0.3, 0.4) is 0 Å². The number of nitrogens with one attached hydrogen (secondary N) is 1. The third-order valence-corrected chi connectivity index (χ3v) is 4.61. The van der Waals surface area contributed by atoms with Crippen LogP contribution in [0.4, 0.5) is 5.82 Å². The molecule has 2 amide bonds. The highest BCUT2D eigenvalue weighted by atomic mass is 16.5. The quantitative estimate of drug-likeness (QED) is 0.687. The second-order valence-electron chi connectivity index (χ2n) is 8.51. The molecule has 1 N–H and O–H groups in total. The lowest BCUT2D eigenvalue weighted by Crippen LogP contribution is -2.52. The van der Waals surface area contributed by atoms with E-state index in [1.165, 1.54) is 0 Å². The van der Waals surface area contributed by atoms with Crippen LogP contribution in [0.1, 0.15) is 33.5 Å². The van der Waals surface area contributed by atoms with Crippen LogP contribution in [0, 0.1) is 18.8 Å². The third kappa shape index (κ3) is 7.59. The fourth-order valence-electron chi connectivity index (χ4n) is 3.37. The standard InChI is InChI=1S/C20H35N5O3/c1-15(2)11-25(12-16(3)4)20(27)14-24-8-6-23(7-9-24)13-19(26)21-18-10-17(5)28-22-18/h10,15-16H,6-9,11-14H2,1-5H3,(H,21,22,26). The maximum atomic E-state index is 12.7. The number of carbonyl (C=O) groups is 2. The van der Waals surface area contributed by atoms with Gasteiger partial charge >= 0.3 is 0 Å². The molecule has 0 atom stereocenters. The number of carbonyl (C=O) groups excluding carboxylic acids is 2. The van der Waals surface area contributed by atoms with E-state index in [4.69, 9.17) is 4.52 Å². The van der Waals surface area contributed by atoms with Crippen LogP contribution in [0.5, 0.6) is 0 Å². The summed E-state index contributed by atoms with van der Waals surface area (Å²) < 4.78 is 4.95. The zero-order chi connectivity index (χ0) is 20.7. The van der Waals surface area contributed by atoms with E-state index in [0.29, 0.717) is 36.5 Å². The predicted octanol–water partition coefficient (Wildman–Crippen LogP) is 1.68. The Balaban J connectivity index is 1.74. The van der Waals surface area contributed by atoms with Gasteiger partial charge in [0, 0.05) is 45.3 Å². The summed E-state index contributed by atoms with van der Waals surface area (Å²) in [5.74, 6) is 2.14. The zero-order valence-electron chi connectivity index (χ0n) is 17.9. The van der Waals surface area contributed by atoms with Crippen molar-refractivity contribution >= 4 is 17.6 Å². The highest BCUT2D eigenvalue weighted by molar-refractivity contribution is 5.91. The number of aryl methyl sites for hydroxylation is 1. The van der Waals surface area contributed by atoms with Crippen molar-refractivity contribution in [3.05, 3.63) is 11.8 Å². The van der Waals surface area contributed by atoms with E-state index in [0.717, 1.165) is 39.3 Å². The average molecular weight is 394 g/mol. The summed E-state index contributed by atoms with van der Waals surface area (Å²) in [5, 5.41) is 6.52. The van der Waals surface area contributed by atoms with Gasteiger partial charge in [0.15, 0.2) is 5.82 Å². The van der Waals surface area contributed by atoms with Crippen LogP contribution in [-0.2, 0) is 9.59 Å². The molecule has 0 saturated carbocycles. The first kappa shape index (κ1) is 22.4. The van der Waals surface area contributed by atoms with Crippen LogP contribution < -0.4 is 5.32 Å². The molecule has 1 aliphatic rings. The van der Waals surface area contributed by atoms with Gasteiger partial charge in [0.25, 0.3) is 0 Å². The van der Waals surface area contributed by atoms with Gasteiger partial charge in [-0.2, -0.15) is 0 Å². The SMILES string of the molecule is Cc1cc(NC(=O)CN2CCN(CC(=O)N(CC(C)C)CC(C)C)CC2)no1. The number of hydrogen-bond donors (Lipinski definition) is 1. The van der Waals surface area contributed by atoms with Gasteiger partial charge < -0.3 is 14.7 Å². The van der Waals surface area contributed by atoms with Crippen LogP contribution >= 0.6 is 0 Å². The topological polar surface area (TPSA) is 81.9 Å². The number of nitrogens with zero attached hydrogens (tertiary/aromatic N) is 4. The summed E-state index contributed by atoms with van der Waals surface area (Å²) in [7, 11) is 0. The molecule has 2 heterocycles. The van der Waals surface area contributed by atoms with Gasteiger partial charge in [-0.15, -0.1) is 0 Å². The van der Waals surface area contributed by atoms with Crippen molar-refractivity contribution in [1.82, 2.24) is 19.9 Å². The van der Waals surface area contributed by atoms with E-state index in [9.17, 15) is 9.59 Å². The first-order valence-corrected chi connectivity index (χ1v) is 10.2. The Labute approximate surface area is 168 Å². The third-order valence-electron chi connectivity index (χ3n) is 4.61. The van der Waals surface area contributed by atoms with E-state index in [-0.39, 0.29) is 11.8 Å². The minimum Gasteiger partial charge on any atom is -0.360 e. The number of aromatic nitrogens is 1. The molecule has 1 aliphatic heterocycles. The van der Waals surface area contributed by atoms with Gasteiger partial charge in [0.05, 0.1) is 13.1 Å². The Morgan fingerprint density at radius 3 is 2.07 bits per heavy atom. The van der Waals surface area contributed by atoms with Crippen molar-refractivity contribution in [3.8, 4) is 0 Å². The molecule has 0 spiro atoms. The van der Waals surface area contributed by atoms with Gasteiger partial charge in [0.1, 0.15) is 5.76 Å². The predicted molar refractivity (Wildman–Crippen MR) is 109 cm³/mol. The smallest absolute Gasteiger partial charge is 0.239 e. The van der Waals surface area contributed by atoms with Crippen LogP contribution in [0.25, 0.3) is 0 Å². The van der Waals surface area contributed by atoms with Crippen LogP contribution in [-0.4, -0.2) is 84.0 Å². The van der Waals surface area contributed by atoms with E-state index < -0.39 is 0 Å². The Morgan fingerprint density at radius 2 is 1.61 bits per heavy atom. The summed E-state index contributed by atoms with van der Waals surface area (Å²) in [6.07, 6.45) is 0. The van der Waals surface area contributed by atoms with E-state index in [1.807, 2.05) is 4.90 Å². The number of hydrogen-bond acceptors (Lipinski definition) is 6. The normalized spacial score (nSPS) is 16.0. The molecule has 0 radical (unpaired) electrons. The molecule has 1 fully saturated rings. The van der Waals surface area contributed by atoms with Crippen molar-refractivity contribution in [1.29, 1.82) is 0 Å². The molecule has 1 aromatic heterocycles. The maximum absolute atomic E-state index is 12.7. The minimum absolute atomic E-state index is 0.0992. The molecule has 8 nitrogen and oxygen atoms in total. The van der Waals surface area contributed by atoms with Crippen molar-refractivity contribution in [2.45, 2.75) is 34.6 Å². The fourth-order valence-corrected chi connectivity index (χ4v) is 3.37. The Bertz CT molecular complexity index is 626. The number of amides is 2. The Hall–Kier alpha value is -1.93. The second kappa shape index (κ2) is 10.6. The first-order chi connectivity index (χ1) is 13.2. The highest BCUT2D eigenvalue weighted by Crippen LogP contribution is 2.09. The average Bonchev–Trinajstić information content (AvgIpc) is 2.99. The first-order valence-electron chi connectivity index (χ1n) is 10.2. The van der Waals surface area contributed by atoms with Gasteiger partial charge in [-0.3, -0.25) is 19.4 Å². The van der Waals surface area contributed by atoms with Crippen molar-refractivity contribution in [3.63, 3.8) is 0 Å². The minimum atomic E-state index is -0.0992. The molecule has 0 aromatic carbocycles. The molecule has 8 heteroatoms. The molecule has 158 valence electrons. The lowest BCUT2D eigenvalue weighted by atomic mass is 10.1. The second-order valence-corrected chi connectivity index (χ2v) is 8.51. The van der Waals surface area contributed by atoms with Gasteiger partial charge in [-0.1, -0.05) is 32.9 Å². The molecule has 0 bridgehead atoms. The Kier molecular flexibility index (Phi) is 8.44. The van der Waals surface area contributed by atoms with E-state index >= 15 is 0 Å². The fraction of sp³-hybridized carbons (Fsp3) is 0.750. The van der Waals surface area contributed by atoms with Crippen LogP contribution in [0.15, 0.2) is 10.6 Å².